The van der Waals surface area contributed by atoms with Crippen LogP contribution < -0.4 is 0 Å². The molecule has 0 unspecified atom stereocenters. The minimum atomic E-state index is -0.0240. The minimum Gasteiger partial charge on any atom is -0.393 e. The summed E-state index contributed by atoms with van der Waals surface area (Å²) in [4.78, 5) is 2.31. The van der Waals surface area contributed by atoms with Crippen LogP contribution in [0.1, 0.15) is 25.7 Å². The van der Waals surface area contributed by atoms with Crippen molar-refractivity contribution in [3.05, 3.63) is 0 Å². The van der Waals surface area contributed by atoms with E-state index < -0.39 is 0 Å². The van der Waals surface area contributed by atoms with E-state index in [1.54, 1.807) is 0 Å². The van der Waals surface area contributed by atoms with Gasteiger partial charge in [0.1, 0.15) is 0 Å². The van der Waals surface area contributed by atoms with E-state index >= 15 is 0 Å². The van der Waals surface area contributed by atoms with E-state index in [4.69, 9.17) is 11.5 Å². The summed E-state index contributed by atoms with van der Waals surface area (Å²) in [5.41, 5.74) is 0. The van der Waals surface area contributed by atoms with Gasteiger partial charge in [-0.3, -0.25) is 0 Å². The molecule has 1 aliphatic rings. The normalized spacial score (nSPS) is 26.9. The molecular formula is C11H19NO. The monoisotopic (exact) mass is 181 g/mol. The molecule has 0 atom stereocenters. The highest BCUT2D eigenvalue weighted by molar-refractivity contribution is 4.84. The fourth-order valence-corrected chi connectivity index (χ4v) is 1.83. The molecule has 1 rings (SSSR count). The Morgan fingerprint density at radius 2 is 2.23 bits per heavy atom. The molecular weight excluding hydrogens is 162 g/mol. The van der Waals surface area contributed by atoms with Crippen molar-refractivity contribution in [2.24, 2.45) is 5.92 Å². The van der Waals surface area contributed by atoms with Crippen molar-refractivity contribution in [1.82, 2.24) is 4.90 Å². The van der Waals surface area contributed by atoms with Crippen molar-refractivity contribution < 1.29 is 5.11 Å². The average molecular weight is 181 g/mol. The maximum atomic E-state index is 9.10. The van der Waals surface area contributed by atoms with Crippen LogP contribution in [0.25, 0.3) is 0 Å². The van der Waals surface area contributed by atoms with Crippen LogP contribution in [0.4, 0.5) is 0 Å². The predicted molar refractivity (Wildman–Crippen MR) is 54.3 cm³/mol. The van der Waals surface area contributed by atoms with E-state index in [-0.39, 0.29) is 6.10 Å². The highest BCUT2D eigenvalue weighted by Gasteiger charge is 2.27. The average Bonchev–Trinajstić information content (AvgIpc) is 2.02. The van der Waals surface area contributed by atoms with Crippen molar-refractivity contribution in [2.45, 2.75) is 31.8 Å². The Morgan fingerprint density at radius 3 is 2.77 bits per heavy atom. The quantitative estimate of drug-likeness (QED) is 0.507. The molecule has 2 heteroatoms. The van der Waals surface area contributed by atoms with E-state index in [2.05, 4.69) is 17.9 Å². The summed E-state index contributed by atoms with van der Waals surface area (Å²) in [6.45, 7) is 2.19. The molecule has 0 aromatic heterocycles. The van der Waals surface area contributed by atoms with Gasteiger partial charge in [0.05, 0.1) is 6.10 Å². The number of unbranched alkanes of at least 4 members (excludes halogenated alkanes) is 1. The van der Waals surface area contributed by atoms with Gasteiger partial charge in [0.15, 0.2) is 0 Å². The zero-order chi connectivity index (χ0) is 9.68. The highest BCUT2D eigenvalue weighted by Crippen LogP contribution is 2.27. The third-order valence-corrected chi connectivity index (χ3v) is 2.64. The van der Waals surface area contributed by atoms with Gasteiger partial charge in [0, 0.05) is 13.0 Å². The fourth-order valence-electron chi connectivity index (χ4n) is 1.83. The first-order chi connectivity index (χ1) is 6.22. The van der Waals surface area contributed by atoms with Crippen LogP contribution in [-0.2, 0) is 0 Å². The number of rotatable bonds is 5. The molecule has 1 saturated carbocycles. The standard InChI is InChI=1S/C11H19NO/c1-3-4-5-6-12(2)9-10-7-11(13)8-10/h1,10-11,13H,4-9H2,2H3. The second-order valence-electron chi connectivity index (χ2n) is 4.06. The summed E-state index contributed by atoms with van der Waals surface area (Å²) in [6, 6.07) is 0. The van der Waals surface area contributed by atoms with Gasteiger partial charge in [0.2, 0.25) is 0 Å². The Labute approximate surface area is 80.9 Å². The van der Waals surface area contributed by atoms with E-state index in [9.17, 15) is 0 Å². The lowest BCUT2D eigenvalue weighted by atomic mass is 9.82. The van der Waals surface area contributed by atoms with Crippen LogP contribution in [-0.4, -0.2) is 36.2 Å². The molecule has 74 valence electrons. The predicted octanol–water partition coefficient (Wildman–Crippen LogP) is 1.10. The number of aliphatic hydroxyl groups is 1. The highest BCUT2D eigenvalue weighted by atomic mass is 16.3. The number of hydrogen-bond donors (Lipinski definition) is 1. The topological polar surface area (TPSA) is 23.5 Å². The lowest BCUT2D eigenvalue weighted by molar-refractivity contribution is 0.0283. The van der Waals surface area contributed by atoms with Crippen LogP contribution >= 0.6 is 0 Å². The number of aliphatic hydroxyl groups excluding tert-OH is 1. The molecule has 0 aromatic rings. The molecule has 0 amide bonds. The summed E-state index contributed by atoms with van der Waals surface area (Å²) in [7, 11) is 2.13. The van der Waals surface area contributed by atoms with Gasteiger partial charge < -0.3 is 10.0 Å². The van der Waals surface area contributed by atoms with Gasteiger partial charge >= 0.3 is 0 Å². The lowest BCUT2D eigenvalue weighted by Gasteiger charge is -2.34. The first-order valence-corrected chi connectivity index (χ1v) is 5.02. The van der Waals surface area contributed by atoms with Crippen molar-refractivity contribution in [3.63, 3.8) is 0 Å². The third-order valence-electron chi connectivity index (χ3n) is 2.64. The number of terminal acetylenes is 1. The van der Waals surface area contributed by atoms with Crippen molar-refractivity contribution in [1.29, 1.82) is 0 Å². The number of nitrogens with zero attached hydrogens (tertiary/aromatic N) is 1. The van der Waals surface area contributed by atoms with Gasteiger partial charge in [-0.25, -0.2) is 0 Å². The summed E-state index contributed by atoms with van der Waals surface area (Å²) >= 11 is 0. The zero-order valence-corrected chi connectivity index (χ0v) is 8.37. The van der Waals surface area contributed by atoms with Gasteiger partial charge in [-0.15, -0.1) is 12.3 Å². The molecule has 1 aliphatic carbocycles. The molecule has 0 heterocycles. The largest absolute Gasteiger partial charge is 0.393 e. The molecule has 0 saturated heterocycles. The fraction of sp³-hybridized carbons (Fsp3) is 0.818. The molecule has 1 fully saturated rings. The van der Waals surface area contributed by atoms with E-state index in [0.29, 0.717) is 5.92 Å². The van der Waals surface area contributed by atoms with Crippen molar-refractivity contribution in [3.8, 4) is 12.3 Å². The number of hydrogen-bond acceptors (Lipinski definition) is 2. The molecule has 0 aromatic carbocycles. The Hall–Kier alpha value is -0.520. The second kappa shape index (κ2) is 5.26. The lowest BCUT2D eigenvalue weighted by Crippen LogP contribution is -2.37. The van der Waals surface area contributed by atoms with Gasteiger partial charge in [-0.2, -0.15) is 0 Å². The summed E-state index contributed by atoms with van der Waals surface area (Å²) in [6.07, 6.45) is 9.08. The second-order valence-corrected chi connectivity index (χ2v) is 4.06. The maximum Gasteiger partial charge on any atom is 0.0546 e. The summed E-state index contributed by atoms with van der Waals surface area (Å²) < 4.78 is 0. The van der Waals surface area contributed by atoms with Gasteiger partial charge in [-0.1, -0.05) is 0 Å². The van der Waals surface area contributed by atoms with Crippen LogP contribution in [0.5, 0.6) is 0 Å². The molecule has 2 nitrogen and oxygen atoms in total. The summed E-state index contributed by atoms with van der Waals surface area (Å²) in [5, 5.41) is 9.10. The molecule has 1 N–H and O–H groups in total. The maximum absolute atomic E-state index is 9.10. The van der Waals surface area contributed by atoms with Crippen LogP contribution in [0.15, 0.2) is 0 Å². The first-order valence-electron chi connectivity index (χ1n) is 5.02. The molecule has 13 heavy (non-hydrogen) atoms. The Balaban J connectivity index is 1.98. The van der Waals surface area contributed by atoms with Crippen LogP contribution in [0.2, 0.25) is 0 Å². The van der Waals surface area contributed by atoms with Crippen molar-refractivity contribution >= 4 is 0 Å². The van der Waals surface area contributed by atoms with Gasteiger partial charge in [0.25, 0.3) is 0 Å². The summed E-state index contributed by atoms with van der Waals surface area (Å²) in [5.74, 6) is 3.36. The van der Waals surface area contributed by atoms with Crippen LogP contribution in [0.3, 0.4) is 0 Å². The van der Waals surface area contributed by atoms with E-state index in [0.717, 1.165) is 38.8 Å². The Morgan fingerprint density at radius 1 is 1.54 bits per heavy atom. The molecule has 0 bridgehead atoms. The van der Waals surface area contributed by atoms with Crippen molar-refractivity contribution in [2.75, 3.05) is 20.1 Å². The van der Waals surface area contributed by atoms with Crippen LogP contribution in [0, 0.1) is 18.3 Å². The minimum absolute atomic E-state index is 0.0240. The van der Waals surface area contributed by atoms with E-state index in [1.807, 2.05) is 0 Å². The molecule has 0 aliphatic heterocycles. The zero-order valence-electron chi connectivity index (χ0n) is 8.37. The Bertz CT molecular complexity index is 179. The van der Waals surface area contributed by atoms with E-state index in [1.165, 1.54) is 0 Å². The third kappa shape index (κ3) is 3.80. The molecule has 0 spiro atoms. The van der Waals surface area contributed by atoms with Gasteiger partial charge in [-0.05, 0) is 38.8 Å². The first kappa shape index (κ1) is 10.6. The Kier molecular flexibility index (Phi) is 4.27. The SMILES string of the molecule is C#CCCCN(C)CC1CC(O)C1. The smallest absolute Gasteiger partial charge is 0.0546 e. The molecule has 0 radical (unpaired) electrons.